The number of halogens is 4. The van der Waals surface area contributed by atoms with Crippen molar-refractivity contribution in [3.05, 3.63) is 68.8 Å². The zero-order valence-corrected chi connectivity index (χ0v) is 33.8. The van der Waals surface area contributed by atoms with E-state index in [0.29, 0.717) is 11.8 Å². The molecule has 8 heteroatoms. The van der Waals surface area contributed by atoms with Gasteiger partial charge < -0.3 is 20.6 Å². The van der Waals surface area contributed by atoms with Gasteiger partial charge >= 0.3 is 0 Å². The second-order valence-corrected chi connectivity index (χ2v) is 17.6. The van der Waals surface area contributed by atoms with Crippen LogP contribution in [-0.2, 0) is 0 Å². The van der Waals surface area contributed by atoms with Gasteiger partial charge in [0, 0.05) is 74.1 Å². The van der Waals surface area contributed by atoms with Crippen LogP contribution in [-0.4, -0.2) is 27.7 Å². The van der Waals surface area contributed by atoms with Crippen LogP contribution in [0.1, 0.15) is 112 Å². The number of aromatic nitrogens is 2. The lowest BCUT2D eigenvalue weighted by Crippen LogP contribution is -2.13. The van der Waals surface area contributed by atoms with E-state index >= 15 is 0 Å². The van der Waals surface area contributed by atoms with Crippen LogP contribution in [0.3, 0.4) is 0 Å². The van der Waals surface area contributed by atoms with Gasteiger partial charge in [-0.05, 0) is 97.9 Å². The largest absolute Gasteiger partial charge is 0.362 e. The van der Waals surface area contributed by atoms with Gasteiger partial charge in [0.2, 0.25) is 0 Å². The standard InChI is InChI=1S/C34H44I4N4/c1-33(2)19-25-13-23-15-28(22(7-11-37)8-12-38)30(40-23)18-32-34(3,4)20-26(42-32)14-24-16-27(21(5-9-35)6-10-36)29(39-24)17-31(33)41-25/h13-18,21-22,39-42H,5-12,19-20H2,1-4H3. The normalized spacial score (nSPS) is 18.9. The molecule has 228 valence electrons. The van der Waals surface area contributed by atoms with E-state index in [1.807, 2.05) is 0 Å². The quantitative estimate of drug-likeness (QED) is 0.142. The molecule has 2 aromatic heterocycles. The zero-order valence-electron chi connectivity index (χ0n) is 25.2. The third-order valence-electron chi connectivity index (χ3n) is 9.06. The van der Waals surface area contributed by atoms with Crippen LogP contribution in [0.15, 0.2) is 34.9 Å². The molecule has 8 bridgehead atoms. The second-order valence-electron chi connectivity index (χ2n) is 13.3. The molecule has 2 saturated heterocycles. The highest BCUT2D eigenvalue weighted by Crippen LogP contribution is 2.44. The molecule has 4 nitrogen and oxygen atoms in total. The fourth-order valence-electron chi connectivity index (χ4n) is 6.74. The number of hydrogen-bond donors (Lipinski definition) is 4. The van der Waals surface area contributed by atoms with Crippen molar-refractivity contribution >= 4 is 115 Å². The number of alkyl halides is 4. The molecule has 4 N–H and O–H groups in total. The predicted octanol–water partition coefficient (Wildman–Crippen LogP) is 10.9. The van der Waals surface area contributed by atoms with E-state index in [0.717, 1.165) is 12.8 Å². The lowest BCUT2D eigenvalue weighted by Gasteiger charge is -2.19. The first-order chi connectivity index (χ1) is 20.1. The lowest BCUT2D eigenvalue weighted by molar-refractivity contribution is 0.481. The maximum absolute atomic E-state index is 3.87. The summed E-state index contributed by atoms with van der Waals surface area (Å²) in [5.41, 5.74) is 13.1. The van der Waals surface area contributed by atoms with Crippen LogP contribution >= 0.6 is 90.4 Å². The molecular formula is C34H44I4N4. The molecule has 3 aliphatic heterocycles. The monoisotopic (exact) mass is 1020 g/mol. The predicted molar refractivity (Wildman–Crippen MR) is 216 cm³/mol. The number of fused-ring (bicyclic) bond motifs is 8. The van der Waals surface area contributed by atoms with Crippen molar-refractivity contribution in [3.63, 3.8) is 0 Å². The maximum atomic E-state index is 3.87. The van der Waals surface area contributed by atoms with E-state index in [-0.39, 0.29) is 10.8 Å². The van der Waals surface area contributed by atoms with Gasteiger partial charge in [-0.15, -0.1) is 0 Å². The van der Waals surface area contributed by atoms with Crippen LogP contribution < -0.4 is 10.6 Å². The summed E-state index contributed by atoms with van der Waals surface area (Å²) >= 11 is 10.2. The maximum Gasteiger partial charge on any atom is 0.0438 e. The molecule has 42 heavy (non-hydrogen) atoms. The fourth-order valence-corrected chi connectivity index (χ4v) is 9.75. The number of nitrogens with one attached hydrogen (secondary N) is 4. The highest BCUT2D eigenvalue weighted by atomic mass is 127. The summed E-state index contributed by atoms with van der Waals surface area (Å²) in [7, 11) is 0. The third kappa shape index (κ3) is 7.53. The van der Waals surface area contributed by atoms with Crippen molar-refractivity contribution in [2.24, 2.45) is 10.8 Å². The van der Waals surface area contributed by atoms with Crippen molar-refractivity contribution in [3.8, 4) is 0 Å². The molecule has 0 aliphatic carbocycles. The summed E-state index contributed by atoms with van der Waals surface area (Å²) in [4.78, 5) is 7.72. The SMILES string of the molecule is CC1(C)CC2=Cc3cc(C(CCI)CCI)c([nH]3)C=C3NC(=Cc4cc(C(CCI)CCI)c([nH]4)C=C1N2)CC3(C)C. The van der Waals surface area contributed by atoms with Gasteiger partial charge in [0.05, 0.1) is 0 Å². The number of aromatic amines is 2. The summed E-state index contributed by atoms with van der Waals surface area (Å²) in [5.74, 6) is 1.13. The highest BCUT2D eigenvalue weighted by molar-refractivity contribution is 14.1. The van der Waals surface area contributed by atoms with Gasteiger partial charge in [-0.3, -0.25) is 0 Å². The van der Waals surface area contributed by atoms with Crippen LogP contribution in [0.4, 0.5) is 0 Å². The number of rotatable bonds is 10. The van der Waals surface area contributed by atoms with Gasteiger partial charge in [-0.25, -0.2) is 0 Å². The van der Waals surface area contributed by atoms with Crippen molar-refractivity contribution in [2.45, 2.75) is 78.1 Å². The van der Waals surface area contributed by atoms with Crippen molar-refractivity contribution in [1.29, 1.82) is 0 Å². The second kappa shape index (κ2) is 14.2. The first-order valence-corrected chi connectivity index (χ1v) is 21.3. The Bertz CT molecular complexity index is 1290. The van der Waals surface area contributed by atoms with Crippen molar-refractivity contribution in [1.82, 2.24) is 20.6 Å². The summed E-state index contributed by atoms with van der Waals surface area (Å²) in [6.07, 6.45) is 16.4. The van der Waals surface area contributed by atoms with Gasteiger partial charge in [0.15, 0.2) is 0 Å². The van der Waals surface area contributed by atoms with Crippen LogP contribution in [0, 0.1) is 10.8 Å². The molecule has 5 rings (SSSR count). The Hall–Kier alpha value is 0.0400. The zero-order chi connectivity index (χ0) is 30.1. The first kappa shape index (κ1) is 33.4. The molecule has 0 atom stereocenters. The van der Waals surface area contributed by atoms with E-state index in [1.54, 1.807) is 0 Å². The Balaban J connectivity index is 1.68. The smallest absolute Gasteiger partial charge is 0.0438 e. The fraction of sp³-hybridized carbons (Fsp3) is 0.529. The van der Waals surface area contributed by atoms with E-state index < -0.39 is 0 Å². The lowest BCUT2D eigenvalue weighted by atomic mass is 9.86. The minimum Gasteiger partial charge on any atom is -0.362 e. The Labute approximate surface area is 307 Å². The van der Waals surface area contributed by atoms with Gasteiger partial charge in [0.25, 0.3) is 0 Å². The molecule has 0 aromatic carbocycles. The Morgan fingerprint density at radius 3 is 1.29 bits per heavy atom. The Kier molecular flexibility index (Phi) is 11.3. The molecule has 0 unspecified atom stereocenters. The van der Waals surface area contributed by atoms with E-state index in [1.165, 1.54) is 100 Å². The minimum atomic E-state index is 0.0403. The molecule has 5 heterocycles. The third-order valence-corrected chi connectivity index (χ3v) is 11.6. The topological polar surface area (TPSA) is 55.6 Å². The van der Waals surface area contributed by atoms with E-state index in [2.05, 4.69) is 175 Å². The average molecular weight is 1020 g/mol. The van der Waals surface area contributed by atoms with Gasteiger partial charge in [0.1, 0.15) is 0 Å². The Morgan fingerprint density at radius 1 is 0.595 bits per heavy atom. The van der Waals surface area contributed by atoms with E-state index in [9.17, 15) is 0 Å². The highest BCUT2D eigenvalue weighted by Gasteiger charge is 2.35. The number of allylic oxidation sites excluding steroid dienone is 4. The molecule has 2 aromatic rings. The van der Waals surface area contributed by atoms with Crippen molar-refractivity contribution < 1.29 is 0 Å². The summed E-state index contributed by atoms with van der Waals surface area (Å²) in [6, 6.07) is 4.87. The molecule has 0 saturated carbocycles. The van der Waals surface area contributed by atoms with Crippen LogP contribution in [0.2, 0.25) is 0 Å². The van der Waals surface area contributed by atoms with E-state index in [4.69, 9.17) is 0 Å². The summed E-state index contributed by atoms with van der Waals surface area (Å²) in [5, 5.41) is 7.73. The van der Waals surface area contributed by atoms with Gasteiger partial charge in [-0.2, -0.15) is 0 Å². The Morgan fingerprint density at radius 2 is 0.952 bits per heavy atom. The van der Waals surface area contributed by atoms with Crippen LogP contribution in [0.5, 0.6) is 0 Å². The summed E-state index contributed by atoms with van der Waals surface area (Å²) < 4.78 is 4.70. The molecule has 0 amide bonds. The first-order valence-electron chi connectivity index (χ1n) is 15.2. The molecular weight excluding hydrogens is 972 g/mol. The molecule has 3 aliphatic rings. The van der Waals surface area contributed by atoms with Crippen molar-refractivity contribution in [2.75, 3.05) is 17.7 Å². The minimum absolute atomic E-state index is 0.0403. The van der Waals surface area contributed by atoms with Gasteiger partial charge in [-0.1, -0.05) is 118 Å². The molecule has 2 fully saturated rings. The van der Waals surface area contributed by atoms with Crippen LogP contribution in [0.25, 0.3) is 24.3 Å². The average Bonchev–Trinajstić information content (AvgIpc) is 3.63. The molecule has 0 radical (unpaired) electrons. The molecule has 0 spiro atoms. The number of H-pyrrole nitrogens is 2. The number of hydrogen-bond acceptors (Lipinski definition) is 2. The summed E-state index contributed by atoms with van der Waals surface area (Å²) in [6.45, 7) is 9.49.